The van der Waals surface area contributed by atoms with Gasteiger partial charge in [0.2, 0.25) is 0 Å². The largest absolute Gasteiger partial charge is 0.457 e. The van der Waals surface area contributed by atoms with Gasteiger partial charge in [0.1, 0.15) is 35.2 Å². The molecule has 0 aliphatic carbocycles. The quantitative estimate of drug-likeness (QED) is 0.159. The smallest absolute Gasteiger partial charge is 0.143 e. The van der Waals surface area contributed by atoms with Gasteiger partial charge in [-0.2, -0.15) is 0 Å². The van der Waals surface area contributed by atoms with Crippen LogP contribution in [-0.4, -0.2) is 16.2 Å². The fourth-order valence-corrected chi connectivity index (χ4v) is 11.4. The number of fused-ring (bicyclic) bond motifs is 7. The van der Waals surface area contributed by atoms with E-state index in [1.54, 1.807) is 0 Å². The third-order valence-corrected chi connectivity index (χ3v) is 15.5. The van der Waals surface area contributed by atoms with Crippen molar-refractivity contribution in [2.75, 3.05) is 16.5 Å². The average Bonchev–Trinajstić information content (AvgIpc) is 4.08. The molecule has 1 aliphatic heterocycles. The van der Waals surface area contributed by atoms with Gasteiger partial charge in [0, 0.05) is 62.4 Å². The molecule has 8 aromatic carbocycles. The van der Waals surface area contributed by atoms with Crippen LogP contribution in [0.1, 0.15) is 105 Å². The Morgan fingerprint density at radius 2 is 1.07 bits per heavy atom. The molecule has 0 N–H and O–H groups in total. The number of para-hydroxylation sites is 5. The van der Waals surface area contributed by atoms with Crippen LogP contribution in [0.25, 0.3) is 71.8 Å². The predicted molar refractivity (Wildman–Crippen MR) is 320 cm³/mol. The lowest BCUT2D eigenvalue weighted by Crippen LogP contribution is -2.25. The molecule has 4 heterocycles. The molecule has 380 valence electrons. The Balaban J connectivity index is 1.03. The van der Waals surface area contributed by atoms with Crippen LogP contribution in [0.2, 0.25) is 0 Å². The first-order valence-corrected chi connectivity index (χ1v) is 26.9. The number of furan rings is 1. The summed E-state index contributed by atoms with van der Waals surface area (Å²) in [6.07, 6.45) is 1.97. The predicted octanol–water partition coefficient (Wildman–Crippen LogP) is 19.6. The molecule has 0 amide bonds. The first-order chi connectivity index (χ1) is 36.2. The Hall–Kier alpha value is -8.09. The van der Waals surface area contributed by atoms with Crippen molar-refractivity contribution in [3.63, 3.8) is 0 Å². The highest BCUT2D eigenvalue weighted by Crippen LogP contribution is 2.49. The lowest BCUT2D eigenvalue weighted by atomic mass is 9.74. The summed E-state index contributed by atoms with van der Waals surface area (Å²) in [5, 5.41) is 4.37. The van der Waals surface area contributed by atoms with E-state index in [9.17, 15) is 0 Å². The van der Waals surface area contributed by atoms with E-state index < -0.39 is 0 Å². The molecule has 1 aliphatic rings. The minimum Gasteiger partial charge on any atom is -0.457 e. The number of benzene rings is 8. The fourth-order valence-electron chi connectivity index (χ4n) is 11.4. The second kappa shape index (κ2) is 17.8. The Labute approximate surface area is 448 Å². The molecular weight excluding hydrogens is 929 g/mol. The molecule has 0 unspecified atom stereocenters. The van der Waals surface area contributed by atoms with Crippen LogP contribution in [0.4, 0.5) is 22.7 Å². The van der Waals surface area contributed by atoms with Gasteiger partial charge in [0.05, 0.1) is 22.4 Å². The van der Waals surface area contributed by atoms with Crippen molar-refractivity contribution < 1.29 is 9.15 Å². The summed E-state index contributed by atoms with van der Waals surface area (Å²) in [5.74, 6) is 2.28. The zero-order valence-corrected chi connectivity index (χ0v) is 46.1. The summed E-state index contributed by atoms with van der Waals surface area (Å²) in [7, 11) is 0. The number of anilines is 4. The highest BCUT2D eigenvalue weighted by molar-refractivity contribution is 6.14. The van der Waals surface area contributed by atoms with E-state index >= 15 is 0 Å². The van der Waals surface area contributed by atoms with E-state index in [-0.39, 0.29) is 21.7 Å². The number of nitrogens with zero attached hydrogens (tertiary/aromatic N) is 4. The number of rotatable bonds is 7. The third kappa shape index (κ3) is 8.48. The van der Waals surface area contributed by atoms with Crippen molar-refractivity contribution >= 4 is 66.5 Å². The maximum Gasteiger partial charge on any atom is 0.143 e. The van der Waals surface area contributed by atoms with Crippen molar-refractivity contribution in [2.24, 2.45) is 0 Å². The summed E-state index contributed by atoms with van der Waals surface area (Å²) in [6.45, 7) is 28.3. The molecule has 3 aromatic heterocycles. The lowest BCUT2D eigenvalue weighted by molar-refractivity contribution is 0.485. The molecule has 12 rings (SSSR count). The molecule has 0 radical (unpaired) electrons. The third-order valence-electron chi connectivity index (χ3n) is 15.5. The number of ether oxygens (including phenoxy) is 1. The minimum atomic E-state index is -0.0821. The van der Waals surface area contributed by atoms with Gasteiger partial charge in [-0.15, -0.1) is 0 Å². The first kappa shape index (κ1) is 48.8. The molecule has 0 bridgehead atoms. The van der Waals surface area contributed by atoms with Gasteiger partial charge in [-0.05, 0) is 122 Å². The first-order valence-electron chi connectivity index (χ1n) is 26.9. The van der Waals surface area contributed by atoms with Crippen LogP contribution >= 0.6 is 0 Å². The minimum absolute atomic E-state index is 0.0121. The van der Waals surface area contributed by atoms with Gasteiger partial charge in [0.15, 0.2) is 0 Å². The zero-order chi connectivity index (χ0) is 53.1. The Kier molecular flexibility index (Phi) is 11.4. The fraction of sp³-hybridized carbons (Fsp3) is 0.243. The second-order valence-corrected chi connectivity index (χ2v) is 25.0. The van der Waals surface area contributed by atoms with E-state index in [0.29, 0.717) is 12.4 Å². The van der Waals surface area contributed by atoms with Crippen molar-refractivity contribution in [2.45, 2.75) is 105 Å². The second-order valence-electron chi connectivity index (χ2n) is 25.0. The molecule has 6 heteroatoms. The molecule has 0 saturated carbocycles. The topological polar surface area (TPSA) is 46.7 Å². The van der Waals surface area contributed by atoms with Crippen LogP contribution in [0.15, 0.2) is 187 Å². The molecular formula is C70H68N4O2. The Morgan fingerprint density at radius 1 is 0.461 bits per heavy atom. The Bertz CT molecular complexity index is 4000. The van der Waals surface area contributed by atoms with Gasteiger partial charge in [0.25, 0.3) is 0 Å². The lowest BCUT2D eigenvalue weighted by Gasteiger charge is -2.30. The molecule has 6 nitrogen and oxygen atoms in total. The number of hydrogen-bond acceptors (Lipinski definition) is 5. The van der Waals surface area contributed by atoms with Gasteiger partial charge >= 0.3 is 0 Å². The highest BCUT2D eigenvalue weighted by atomic mass is 16.5. The van der Waals surface area contributed by atoms with Crippen LogP contribution in [0.5, 0.6) is 11.5 Å². The molecule has 0 spiro atoms. The average molecular weight is 997 g/mol. The van der Waals surface area contributed by atoms with Gasteiger partial charge in [-0.25, -0.2) is 4.98 Å². The van der Waals surface area contributed by atoms with Gasteiger partial charge in [-0.3, -0.25) is 4.57 Å². The van der Waals surface area contributed by atoms with Crippen molar-refractivity contribution in [3.05, 3.63) is 204 Å². The molecule has 0 fully saturated rings. The van der Waals surface area contributed by atoms with E-state index in [4.69, 9.17) is 14.1 Å². The monoisotopic (exact) mass is 997 g/mol. The van der Waals surface area contributed by atoms with Crippen molar-refractivity contribution in [1.82, 2.24) is 9.55 Å². The van der Waals surface area contributed by atoms with Gasteiger partial charge in [-0.1, -0.05) is 180 Å². The number of pyridine rings is 1. The highest BCUT2D eigenvalue weighted by Gasteiger charge is 2.32. The van der Waals surface area contributed by atoms with Crippen LogP contribution < -0.4 is 14.5 Å². The standard InChI is InChI=1S/C70H68N4O2/c1-67(2,3)45-37-46(68(4,5)6)39-48(38-45)73-43-72(59-31-16-17-32-60(59)73)47-22-19-23-49(40-47)75-63-42-61-54(41-55(63)53-27-20-26-52-51-25-14-18-33-62(51)76-66(52)53)50-24-13-15-30-58(50)74(61)64-36-44(34-35-71-64)65-56(69(7,8)9)28-21-29-57(65)70(10,11)12/h13-42H,43H2,1-12H3. The Morgan fingerprint density at radius 3 is 1.75 bits per heavy atom. The SMILES string of the molecule is CC(C)(C)c1cc(N2CN(c3cccc(Oc4cc5c(cc4-c4cccc6c4oc4ccccc46)c4ccccc4n5-c4cc(-c5c(C(C)(C)C)cccc5C(C)(C)C)ccn4)c3)c3ccccc32)cc(C(C)(C)C)c1. The molecule has 0 saturated heterocycles. The summed E-state index contributed by atoms with van der Waals surface area (Å²) in [6, 6.07) is 63.7. The summed E-state index contributed by atoms with van der Waals surface area (Å²) in [5.41, 5.74) is 17.7. The molecule has 0 atom stereocenters. The van der Waals surface area contributed by atoms with E-state index in [1.165, 1.54) is 39.2 Å². The normalized spacial score (nSPS) is 13.4. The van der Waals surface area contributed by atoms with Gasteiger partial charge < -0.3 is 19.0 Å². The van der Waals surface area contributed by atoms with E-state index in [1.807, 2.05) is 18.3 Å². The van der Waals surface area contributed by atoms with E-state index in [2.05, 4.69) is 261 Å². The summed E-state index contributed by atoms with van der Waals surface area (Å²) in [4.78, 5) is 10.0. The van der Waals surface area contributed by atoms with Crippen molar-refractivity contribution in [1.29, 1.82) is 0 Å². The number of hydrogen-bond donors (Lipinski definition) is 0. The summed E-state index contributed by atoms with van der Waals surface area (Å²) >= 11 is 0. The number of aromatic nitrogens is 2. The van der Waals surface area contributed by atoms with Crippen LogP contribution in [0, 0.1) is 0 Å². The molecule has 11 aromatic rings. The maximum atomic E-state index is 7.37. The van der Waals surface area contributed by atoms with Crippen molar-refractivity contribution in [3.8, 4) is 39.6 Å². The summed E-state index contributed by atoms with van der Waals surface area (Å²) < 4.78 is 16.5. The van der Waals surface area contributed by atoms with Crippen LogP contribution in [-0.2, 0) is 21.7 Å². The maximum absolute atomic E-state index is 7.37. The van der Waals surface area contributed by atoms with Crippen LogP contribution in [0.3, 0.4) is 0 Å². The molecule has 76 heavy (non-hydrogen) atoms. The van der Waals surface area contributed by atoms with E-state index in [0.717, 1.165) is 83.4 Å². The zero-order valence-electron chi connectivity index (χ0n) is 46.1.